The molecule has 0 amide bonds. The molecule has 2 rings (SSSR count). The van der Waals surface area contributed by atoms with Crippen molar-refractivity contribution in [1.29, 1.82) is 0 Å². The minimum Gasteiger partial charge on any atom is -0.371 e. The van der Waals surface area contributed by atoms with Crippen molar-refractivity contribution < 1.29 is 4.39 Å². The summed E-state index contributed by atoms with van der Waals surface area (Å²) in [6, 6.07) is 1.92. The summed E-state index contributed by atoms with van der Waals surface area (Å²) in [5, 5.41) is 4.65. The molecule has 0 aromatic carbocycles. The van der Waals surface area contributed by atoms with Gasteiger partial charge in [0.25, 0.3) is 0 Å². The normalized spacial score (nSPS) is 10.5. The average molecular weight is 302 g/mol. The van der Waals surface area contributed by atoms with Crippen LogP contribution in [0, 0.1) is 12.7 Å². The highest BCUT2D eigenvalue weighted by molar-refractivity contribution is 9.10. The smallest absolute Gasteiger partial charge is 0.186 e. The molecule has 0 atom stereocenters. The lowest BCUT2D eigenvalue weighted by molar-refractivity contribution is 0.607. The van der Waals surface area contributed by atoms with E-state index in [2.05, 4.69) is 31.2 Å². The van der Waals surface area contributed by atoms with Gasteiger partial charge in [-0.15, -0.1) is 11.3 Å². The summed E-state index contributed by atoms with van der Waals surface area (Å²) >= 11 is 4.92. The van der Waals surface area contributed by atoms with Crippen molar-refractivity contribution in [3.05, 3.63) is 27.4 Å². The van der Waals surface area contributed by atoms with Crippen LogP contribution in [-0.4, -0.2) is 17.0 Å². The Balaban J connectivity index is 2.59. The maximum Gasteiger partial charge on any atom is 0.186 e. The van der Waals surface area contributed by atoms with E-state index in [0.717, 1.165) is 9.35 Å². The summed E-state index contributed by atoms with van der Waals surface area (Å²) in [6.07, 6.45) is 0. The van der Waals surface area contributed by atoms with Crippen molar-refractivity contribution in [3.63, 3.8) is 0 Å². The van der Waals surface area contributed by atoms with Gasteiger partial charge in [-0.25, -0.2) is 14.4 Å². The summed E-state index contributed by atoms with van der Waals surface area (Å²) in [4.78, 5) is 9.18. The van der Waals surface area contributed by atoms with Crippen molar-refractivity contribution in [1.82, 2.24) is 9.97 Å². The fourth-order valence-corrected chi connectivity index (χ4v) is 2.76. The molecule has 16 heavy (non-hydrogen) atoms. The molecule has 2 heterocycles. The van der Waals surface area contributed by atoms with Crippen LogP contribution in [0.3, 0.4) is 0 Å². The van der Waals surface area contributed by atoms with E-state index in [4.69, 9.17) is 0 Å². The van der Waals surface area contributed by atoms with Crippen LogP contribution in [-0.2, 0) is 0 Å². The van der Waals surface area contributed by atoms with Crippen LogP contribution in [0.5, 0.6) is 0 Å². The van der Waals surface area contributed by atoms with Crippen LogP contribution in [0.15, 0.2) is 15.9 Å². The highest BCUT2D eigenvalue weighted by Crippen LogP contribution is 2.32. The molecule has 0 bridgehead atoms. The second-order valence-electron chi connectivity index (χ2n) is 3.14. The Labute approximate surface area is 105 Å². The number of nitrogens with zero attached hydrogens (tertiary/aromatic N) is 2. The first kappa shape index (κ1) is 11.5. The predicted octanol–water partition coefficient (Wildman–Crippen LogP) is 3.46. The Bertz CT molecular complexity index is 527. The zero-order valence-electron chi connectivity index (χ0n) is 8.71. The van der Waals surface area contributed by atoms with Gasteiger partial charge < -0.3 is 5.32 Å². The lowest BCUT2D eigenvalue weighted by atomic mass is 10.3. The van der Waals surface area contributed by atoms with E-state index in [1.807, 2.05) is 11.4 Å². The number of aromatic nitrogens is 2. The fourth-order valence-electron chi connectivity index (χ4n) is 1.28. The van der Waals surface area contributed by atoms with Gasteiger partial charge in [0.05, 0.1) is 10.6 Å². The Morgan fingerprint density at radius 2 is 2.19 bits per heavy atom. The van der Waals surface area contributed by atoms with Crippen molar-refractivity contribution in [3.8, 4) is 10.7 Å². The van der Waals surface area contributed by atoms with Crippen LogP contribution >= 0.6 is 27.3 Å². The predicted molar refractivity (Wildman–Crippen MR) is 67.3 cm³/mol. The summed E-state index contributed by atoms with van der Waals surface area (Å²) in [5.74, 6) is 0.354. The minimum atomic E-state index is -0.404. The van der Waals surface area contributed by atoms with Crippen LogP contribution in [0.25, 0.3) is 10.7 Å². The SMILES string of the molecule is CNc1nc(-c2sccc2Br)nc(C)c1F. The monoisotopic (exact) mass is 301 g/mol. The summed E-state index contributed by atoms with van der Waals surface area (Å²) < 4.78 is 14.5. The third-order valence-electron chi connectivity index (χ3n) is 2.07. The van der Waals surface area contributed by atoms with E-state index in [1.54, 1.807) is 14.0 Å². The molecule has 3 nitrogen and oxygen atoms in total. The summed E-state index contributed by atoms with van der Waals surface area (Å²) in [6.45, 7) is 1.63. The highest BCUT2D eigenvalue weighted by atomic mass is 79.9. The van der Waals surface area contributed by atoms with Crippen LogP contribution in [0.1, 0.15) is 5.69 Å². The molecule has 0 aliphatic carbocycles. The summed E-state index contributed by atoms with van der Waals surface area (Å²) in [5.41, 5.74) is 0.342. The second kappa shape index (κ2) is 4.47. The Morgan fingerprint density at radius 3 is 2.75 bits per heavy atom. The van der Waals surface area contributed by atoms with E-state index >= 15 is 0 Å². The molecule has 0 unspecified atom stereocenters. The van der Waals surface area contributed by atoms with Crippen molar-refractivity contribution in [2.75, 3.05) is 12.4 Å². The zero-order valence-corrected chi connectivity index (χ0v) is 11.1. The van der Waals surface area contributed by atoms with Crippen molar-refractivity contribution >= 4 is 33.1 Å². The molecule has 0 fully saturated rings. The van der Waals surface area contributed by atoms with Gasteiger partial charge in [-0.05, 0) is 34.3 Å². The maximum absolute atomic E-state index is 13.5. The number of hydrogen-bond donors (Lipinski definition) is 1. The molecule has 0 saturated heterocycles. The van der Waals surface area contributed by atoms with Gasteiger partial charge in [0, 0.05) is 11.5 Å². The third-order valence-corrected chi connectivity index (χ3v) is 3.91. The molecule has 0 radical (unpaired) electrons. The van der Waals surface area contributed by atoms with Gasteiger partial charge in [0.1, 0.15) is 0 Å². The largest absolute Gasteiger partial charge is 0.371 e. The van der Waals surface area contributed by atoms with E-state index in [1.165, 1.54) is 11.3 Å². The fraction of sp³-hybridized carbons (Fsp3) is 0.200. The van der Waals surface area contributed by atoms with Crippen molar-refractivity contribution in [2.24, 2.45) is 0 Å². The standard InChI is InChI=1S/C10H9BrFN3S/c1-5-7(12)9(13-2)15-10(14-5)8-6(11)3-4-16-8/h3-4H,1-2H3,(H,13,14,15). The lowest BCUT2D eigenvalue weighted by Gasteiger charge is -2.06. The Morgan fingerprint density at radius 1 is 1.44 bits per heavy atom. The molecular formula is C10H9BrFN3S. The Hall–Kier alpha value is -1.01. The molecule has 2 aromatic heterocycles. The van der Waals surface area contributed by atoms with E-state index in [-0.39, 0.29) is 5.82 Å². The van der Waals surface area contributed by atoms with E-state index in [9.17, 15) is 4.39 Å². The quantitative estimate of drug-likeness (QED) is 0.923. The van der Waals surface area contributed by atoms with Gasteiger partial charge in [-0.2, -0.15) is 0 Å². The van der Waals surface area contributed by atoms with E-state index in [0.29, 0.717) is 11.5 Å². The van der Waals surface area contributed by atoms with Crippen LogP contribution in [0.2, 0.25) is 0 Å². The van der Waals surface area contributed by atoms with Gasteiger partial charge >= 0.3 is 0 Å². The molecule has 6 heteroatoms. The molecule has 2 aromatic rings. The minimum absolute atomic E-state index is 0.225. The molecular weight excluding hydrogens is 293 g/mol. The number of nitrogens with one attached hydrogen (secondary N) is 1. The highest BCUT2D eigenvalue weighted by Gasteiger charge is 2.14. The Kier molecular flexibility index (Phi) is 3.20. The molecule has 84 valence electrons. The zero-order chi connectivity index (χ0) is 11.7. The van der Waals surface area contributed by atoms with Gasteiger partial charge in [-0.3, -0.25) is 0 Å². The van der Waals surface area contributed by atoms with Crippen molar-refractivity contribution in [2.45, 2.75) is 6.92 Å². The maximum atomic E-state index is 13.5. The first-order chi connectivity index (χ1) is 7.63. The van der Waals surface area contributed by atoms with Crippen LogP contribution < -0.4 is 5.32 Å². The number of hydrogen-bond acceptors (Lipinski definition) is 4. The number of anilines is 1. The number of thiophene rings is 1. The topological polar surface area (TPSA) is 37.8 Å². The molecule has 0 saturated carbocycles. The first-order valence-electron chi connectivity index (χ1n) is 4.58. The summed E-state index contributed by atoms with van der Waals surface area (Å²) in [7, 11) is 1.64. The van der Waals surface area contributed by atoms with Gasteiger partial charge in [0.2, 0.25) is 0 Å². The van der Waals surface area contributed by atoms with E-state index < -0.39 is 5.82 Å². The molecule has 0 spiro atoms. The van der Waals surface area contributed by atoms with Crippen LogP contribution in [0.4, 0.5) is 10.2 Å². The number of halogens is 2. The number of rotatable bonds is 2. The molecule has 1 N–H and O–H groups in total. The van der Waals surface area contributed by atoms with Gasteiger partial charge in [0.15, 0.2) is 17.5 Å². The molecule has 0 aliphatic rings. The molecule has 0 aliphatic heterocycles. The van der Waals surface area contributed by atoms with Gasteiger partial charge in [-0.1, -0.05) is 0 Å². The number of aryl methyl sites for hydroxylation is 1. The average Bonchev–Trinajstić information content (AvgIpc) is 2.68. The second-order valence-corrected chi connectivity index (χ2v) is 4.91. The third kappa shape index (κ3) is 1.94. The first-order valence-corrected chi connectivity index (χ1v) is 6.26. The lowest BCUT2D eigenvalue weighted by Crippen LogP contribution is -2.03.